The summed E-state index contributed by atoms with van der Waals surface area (Å²) in [6.07, 6.45) is 4.46. The van der Waals surface area contributed by atoms with E-state index in [1.807, 2.05) is 83.2 Å². The molecule has 0 radical (unpaired) electrons. The number of aromatic nitrogens is 3. The first-order valence-corrected chi connectivity index (χ1v) is 17.1. The Bertz CT molecular complexity index is 1840. The molecule has 3 heterocycles. The zero-order valence-electron chi connectivity index (χ0n) is 29.3. The van der Waals surface area contributed by atoms with Gasteiger partial charge in [0.05, 0.1) is 35.2 Å². The number of carboxylic acids is 1. The number of halogens is 1. The van der Waals surface area contributed by atoms with Gasteiger partial charge in [-0.05, 0) is 84.2 Å². The topological polar surface area (TPSA) is 98.4 Å². The van der Waals surface area contributed by atoms with Gasteiger partial charge in [0.15, 0.2) is 11.8 Å². The molecule has 0 spiro atoms. The van der Waals surface area contributed by atoms with E-state index in [9.17, 15) is 9.90 Å². The Balaban J connectivity index is 1.62. The van der Waals surface area contributed by atoms with E-state index in [0.717, 1.165) is 29.5 Å². The maximum Gasteiger partial charge on any atom is 0.337 e. The molecule has 10 heteroatoms. The van der Waals surface area contributed by atoms with Crippen molar-refractivity contribution in [2.45, 2.75) is 84.2 Å². The molecule has 1 N–H and O–H groups in total. The summed E-state index contributed by atoms with van der Waals surface area (Å²) in [6.45, 7) is 20.9. The largest absolute Gasteiger partial charge is 0.490 e. The van der Waals surface area contributed by atoms with Gasteiger partial charge in [-0.25, -0.2) is 9.78 Å². The van der Waals surface area contributed by atoms with Crippen LogP contribution in [0.15, 0.2) is 73.8 Å². The third-order valence-electron chi connectivity index (χ3n) is 8.67. The number of benzene rings is 2. The highest BCUT2D eigenvalue weighted by Gasteiger charge is 2.37. The van der Waals surface area contributed by atoms with Crippen LogP contribution >= 0.6 is 11.6 Å². The molecule has 2 aromatic heterocycles. The number of aryl methyl sites for hydroxylation is 1. The molecule has 0 bridgehead atoms. The highest BCUT2D eigenvalue weighted by molar-refractivity contribution is 6.30. The molecular weight excluding hydrogens is 640 g/mol. The maximum atomic E-state index is 12.8. The second-order valence-corrected chi connectivity index (χ2v) is 14.3. The average molecular weight is 687 g/mol. The van der Waals surface area contributed by atoms with Gasteiger partial charge in [-0.1, -0.05) is 42.0 Å². The zero-order valence-corrected chi connectivity index (χ0v) is 30.1. The standard InChI is InChI=1S/C39H47ClN4O5/c1-9-12-25(3)48-32-23-29(40)15-16-30(32)27-13-11-14-28(22-27)31-24-33-41-26(4)34(35(37(45)46)49-38(5,6)7)36(44(33)42-31)43-19-17-39(8,18-20-43)47-21-10-2/h9-11,13-16,22-25,35H,1-2,12,17-21H2,3-8H3,(H,45,46). The van der Waals surface area contributed by atoms with Crippen LogP contribution in [0.3, 0.4) is 0 Å². The molecule has 9 nitrogen and oxygen atoms in total. The molecule has 1 saturated heterocycles. The van der Waals surface area contributed by atoms with E-state index < -0.39 is 17.7 Å². The van der Waals surface area contributed by atoms with Crippen LogP contribution in [0.2, 0.25) is 5.02 Å². The summed E-state index contributed by atoms with van der Waals surface area (Å²) in [5.41, 5.74) is 4.06. The van der Waals surface area contributed by atoms with Gasteiger partial charge in [0, 0.05) is 47.4 Å². The lowest BCUT2D eigenvalue weighted by atomic mass is 9.92. The van der Waals surface area contributed by atoms with E-state index >= 15 is 0 Å². The van der Waals surface area contributed by atoms with Crippen molar-refractivity contribution >= 4 is 29.0 Å². The number of hydrogen-bond donors (Lipinski definition) is 1. The number of rotatable bonds is 13. The van der Waals surface area contributed by atoms with Crippen LogP contribution < -0.4 is 9.64 Å². The Morgan fingerprint density at radius 2 is 1.82 bits per heavy atom. The average Bonchev–Trinajstić information content (AvgIpc) is 3.46. The number of anilines is 1. The number of carbonyl (C=O) groups is 1. The quantitative estimate of drug-likeness (QED) is 0.139. The van der Waals surface area contributed by atoms with Crippen LogP contribution in [-0.2, 0) is 14.3 Å². The minimum atomic E-state index is -1.25. The molecule has 0 saturated carbocycles. The van der Waals surface area contributed by atoms with Crippen LogP contribution in [0.1, 0.15) is 71.2 Å². The number of ether oxygens (including phenoxy) is 3. The molecule has 1 fully saturated rings. The Labute approximate surface area is 294 Å². The number of piperidine rings is 1. The van der Waals surface area contributed by atoms with Crippen molar-refractivity contribution in [1.82, 2.24) is 14.6 Å². The molecule has 49 heavy (non-hydrogen) atoms. The molecule has 2 unspecified atom stereocenters. The van der Waals surface area contributed by atoms with Crippen molar-refractivity contribution in [2.24, 2.45) is 0 Å². The lowest BCUT2D eigenvalue weighted by Crippen LogP contribution is -2.45. The van der Waals surface area contributed by atoms with Crippen molar-refractivity contribution in [3.8, 4) is 28.1 Å². The highest BCUT2D eigenvalue weighted by Crippen LogP contribution is 2.39. The van der Waals surface area contributed by atoms with Crippen molar-refractivity contribution in [3.63, 3.8) is 0 Å². The van der Waals surface area contributed by atoms with E-state index in [2.05, 4.69) is 31.0 Å². The molecule has 1 aliphatic rings. The van der Waals surface area contributed by atoms with Crippen molar-refractivity contribution in [3.05, 3.63) is 90.1 Å². The number of hydrogen-bond acceptors (Lipinski definition) is 7. The van der Waals surface area contributed by atoms with E-state index in [0.29, 0.717) is 65.3 Å². The van der Waals surface area contributed by atoms with Gasteiger partial charge < -0.3 is 24.2 Å². The Kier molecular flexibility index (Phi) is 10.9. The van der Waals surface area contributed by atoms with Gasteiger partial charge in [-0.3, -0.25) is 0 Å². The predicted molar refractivity (Wildman–Crippen MR) is 196 cm³/mol. The van der Waals surface area contributed by atoms with Gasteiger partial charge >= 0.3 is 5.97 Å². The number of aliphatic carboxylic acids is 1. The molecule has 4 aromatic rings. The number of nitrogens with zero attached hydrogens (tertiary/aromatic N) is 4. The smallest absolute Gasteiger partial charge is 0.337 e. The SMILES string of the molecule is C=CCOC1(C)CCN(c2c(C(OC(C)(C)C)C(=O)O)c(C)nc3cc(-c4cccc(-c5ccc(Cl)cc5OC(C)CC=C)c4)nn23)CC1. The number of carboxylic acid groups (broad SMARTS) is 1. The van der Waals surface area contributed by atoms with Crippen LogP contribution in [0.4, 0.5) is 5.82 Å². The first kappa shape index (κ1) is 36.1. The molecule has 1 aliphatic heterocycles. The van der Waals surface area contributed by atoms with E-state index in [-0.39, 0.29) is 11.7 Å². The summed E-state index contributed by atoms with van der Waals surface area (Å²) in [7, 11) is 0. The van der Waals surface area contributed by atoms with Crippen LogP contribution in [0.5, 0.6) is 5.75 Å². The molecule has 0 aliphatic carbocycles. The van der Waals surface area contributed by atoms with Crippen molar-refractivity contribution in [2.75, 3.05) is 24.6 Å². The molecule has 260 valence electrons. The Morgan fingerprint density at radius 3 is 2.47 bits per heavy atom. The summed E-state index contributed by atoms with van der Waals surface area (Å²) < 4.78 is 20.4. The summed E-state index contributed by atoms with van der Waals surface area (Å²) in [6, 6.07) is 15.7. The third-order valence-corrected chi connectivity index (χ3v) is 8.91. The predicted octanol–water partition coefficient (Wildman–Crippen LogP) is 8.87. The lowest BCUT2D eigenvalue weighted by molar-refractivity contribution is -0.160. The molecule has 2 atom stereocenters. The first-order valence-electron chi connectivity index (χ1n) is 16.7. The van der Waals surface area contributed by atoms with Gasteiger partial charge in [0.1, 0.15) is 11.6 Å². The minimum absolute atomic E-state index is 0.0728. The second-order valence-electron chi connectivity index (χ2n) is 13.9. The fraction of sp³-hybridized carbons (Fsp3) is 0.410. The van der Waals surface area contributed by atoms with E-state index in [1.54, 1.807) is 10.6 Å². The maximum absolute atomic E-state index is 12.8. The van der Waals surface area contributed by atoms with Gasteiger partial charge in [-0.15, -0.1) is 13.2 Å². The van der Waals surface area contributed by atoms with Crippen molar-refractivity contribution in [1.29, 1.82) is 0 Å². The first-order chi connectivity index (χ1) is 23.2. The van der Waals surface area contributed by atoms with Crippen molar-refractivity contribution < 1.29 is 24.1 Å². The Hall–Kier alpha value is -4.18. The third kappa shape index (κ3) is 8.35. The molecule has 5 rings (SSSR count). The summed E-state index contributed by atoms with van der Waals surface area (Å²) in [5.74, 6) is 0.267. The van der Waals surface area contributed by atoms with Crippen LogP contribution in [0, 0.1) is 6.92 Å². The normalized spacial score (nSPS) is 15.9. The van der Waals surface area contributed by atoms with Gasteiger partial charge in [0.25, 0.3) is 0 Å². The lowest BCUT2D eigenvalue weighted by Gasteiger charge is -2.41. The minimum Gasteiger partial charge on any atom is -0.490 e. The molecule has 2 aromatic carbocycles. The monoisotopic (exact) mass is 686 g/mol. The zero-order chi connectivity index (χ0) is 35.5. The van der Waals surface area contributed by atoms with Gasteiger partial charge in [-0.2, -0.15) is 9.61 Å². The van der Waals surface area contributed by atoms with Crippen LogP contribution in [-0.4, -0.2) is 62.7 Å². The molecule has 0 amide bonds. The van der Waals surface area contributed by atoms with E-state index in [1.165, 1.54) is 0 Å². The number of fused-ring (bicyclic) bond motifs is 1. The summed E-state index contributed by atoms with van der Waals surface area (Å²) in [5, 5.41) is 16.2. The second kappa shape index (κ2) is 14.7. The fourth-order valence-electron chi connectivity index (χ4n) is 6.23. The van der Waals surface area contributed by atoms with Crippen LogP contribution in [0.25, 0.3) is 28.0 Å². The van der Waals surface area contributed by atoms with Gasteiger partial charge in [0.2, 0.25) is 0 Å². The van der Waals surface area contributed by atoms with E-state index in [4.69, 9.17) is 35.9 Å². The highest BCUT2D eigenvalue weighted by atomic mass is 35.5. The summed E-state index contributed by atoms with van der Waals surface area (Å²) in [4.78, 5) is 19.9. The Morgan fingerprint density at radius 1 is 1.10 bits per heavy atom. The summed E-state index contributed by atoms with van der Waals surface area (Å²) >= 11 is 6.38. The fourth-order valence-corrected chi connectivity index (χ4v) is 6.39. The molecular formula is C39H47ClN4O5.